The molecule has 2 aromatic heterocycles. The summed E-state index contributed by atoms with van der Waals surface area (Å²) in [6.07, 6.45) is 1.73. The van der Waals surface area contributed by atoms with E-state index >= 15 is 0 Å². The first-order valence-corrected chi connectivity index (χ1v) is 5.69. The summed E-state index contributed by atoms with van der Waals surface area (Å²) < 4.78 is 1.65. The van der Waals surface area contributed by atoms with E-state index in [0.29, 0.717) is 5.82 Å². The topological polar surface area (TPSA) is 56.7 Å². The number of pyridine rings is 1. The SMILES string of the molecule is CCSc1cc(N)n(-c2ccccn2)n1. The summed E-state index contributed by atoms with van der Waals surface area (Å²) >= 11 is 1.67. The molecule has 0 saturated heterocycles. The second-order valence-corrected chi connectivity index (χ2v) is 4.22. The molecule has 78 valence electrons. The molecule has 2 N–H and O–H groups in total. The Labute approximate surface area is 92.5 Å². The van der Waals surface area contributed by atoms with E-state index in [0.717, 1.165) is 16.6 Å². The molecule has 0 saturated carbocycles. The molecular formula is C10H12N4S. The van der Waals surface area contributed by atoms with E-state index in [1.165, 1.54) is 0 Å². The third-order valence-corrected chi connectivity index (χ3v) is 2.66. The van der Waals surface area contributed by atoms with Crippen molar-refractivity contribution in [2.45, 2.75) is 11.9 Å². The lowest BCUT2D eigenvalue weighted by Gasteiger charge is -2.00. The fourth-order valence-corrected chi connectivity index (χ4v) is 1.89. The largest absolute Gasteiger partial charge is 0.383 e. The number of aromatic nitrogens is 3. The maximum absolute atomic E-state index is 5.85. The van der Waals surface area contributed by atoms with Crippen LogP contribution in [0.5, 0.6) is 0 Å². The van der Waals surface area contributed by atoms with Crippen LogP contribution in [0, 0.1) is 0 Å². The smallest absolute Gasteiger partial charge is 0.155 e. The van der Waals surface area contributed by atoms with Gasteiger partial charge in [-0.25, -0.2) is 4.98 Å². The highest BCUT2D eigenvalue weighted by Crippen LogP contribution is 2.20. The lowest BCUT2D eigenvalue weighted by Crippen LogP contribution is -2.03. The van der Waals surface area contributed by atoms with Crippen molar-refractivity contribution >= 4 is 17.6 Å². The molecular weight excluding hydrogens is 208 g/mol. The number of hydrogen-bond donors (Lipinski definition) is 1. The monoisotopic (exact) mass is 220 g/mol. The summed E-state index contributed by atoms with van der Waals surface area (Å²) in [6, 6.07) is 7.52. The number of hydrogen-bond acceptors (Lipinski definition) is 4. The van der Waals surface area contributed by atoms with Crippen molar-refractivity contribution < 1.29 is 0 Å². The minimum atomic E-state index is 0.615. The van der Waals surface area contributed by atoms with Crippen molar-refractivity contribution in [3.05, 3.63) is 30.5 Å². The molecule has 0 aliphatic heterocycles. The van der Waals surface area contributed by atoms with Crippen LogP contribution in [-0.4, -0.2) is 20.5 Å². The minimum Gasteiger partial charge on any atom is -0.383 e. The maximum atomic E-state index is 5.85. The lowest BCUT2D eigenvalue weighted by molar-refractivity contribution is 0.819. The van der Waals surface area contributed by atoms with Crippen molar-refractivity contribution in [2.75, 3.05) is 11.5 Å². The van der Waals surface area contributed by atoms with Crippen LogP contribution in [-0.2, 0) is 0 Å². The van der Waals surface area contributed by atoms with Crippen molar-refractivity contribution in [3.63, 3.8) is 0 Å². The van der Waals surface area contributed by atoms with Gasteiger partial charge in [-0.05, 0) is 17.9 Å². The number of anilines is 1. The van der Waals surface area contributed by atoms with Crippen molar-refractivity contribution in [2.24, 2.45) is 0 Å². The first kappa shape index (κ1) is 10.0. The fraction of sp³-hybridized carbons (Fsp3) is 0.200. The molecule has 0 bridgehead atoms. The van der Waals surface area contributed by atoms with Gasteiger partial charge in [-0.1, -0.05) is 13.0 Å². The average molecular weight is 220 g/mol. The Kier molecular flexibility index (Phi) is 2.91. The van der Waals surface area contributed by atoms with Gasteiger partial charge in [0.15, 0.2) is 5.82 Å². The van der Waals surface area contributed by atoms with Crippen LogP contribution < -0.4 is 5.73 Å². The van der Waals surface area contributed by atoms with Crippen LogP contribution >= 0.6 is 11.8 Å². The van der Waals surface area contributed by atoms with E-state index in [4.69, 9.17) is 5.73 Å². The lowest BCUT2D eigenvalue weighted by atomic mass is 10.5. The normalized spacial score (nSPS) is 10.5. The van der Waals surface area contributed by atoms with Gasteiger partial charge in [0.05, 0.1) is 0 Å². The summed E-state index contributed by atoms with van der Waals surface area (Å²) in [4.78, 5) is 4.19. The molecule has 0 amide bonds. The second-order valence-electron chi connectivity index (χ2n) is 2.94. The Morgan fingerprint density at radius 3 is 3.00 bits per heavy atom. The van der Waals surface area contributed by atoms with Gasteiger partial charge in [0.1, 0.15) is 10.8 Å². The first-order chi connectivity index (χ1) is 7.31. The number of nitrogens with two attached hydrogens (primary N) is 1. The van der Waals surface area contributed by atoms with Crippen molar-refractivity contribution in [3.8, 4) is 5.82 Å². The number of nitrogens with zero attached hydrogens (tertiary/aromatic N) is 3. The molecule has 2 heterocycles. The molecule has 0 atom stereocenters. The summed E-state index contributed by atoms with van der Waals surface area (Å²) in [6.45, 7) is 2.08. The Morgan fingerprint density at radius 2 is 2.33 bits per heavy atom. The van der Waals surface area contributed by atoms with Gasteiger partial charge < -0.3 is 5.73 Å². The average Bonchev–Trinajstić information content (AvgIpc) is 2.61. The predicted octanol–water partition coefficient (Wildman–Crippen LogP) is 1.96. The molecule has 2 rings (SSSR count). The quantitative estimate of drug-likeness (QED) is 0.803. The van der Waals surface area contributed by atoms with E-state index in [2.05, 4.69) is 17.0 Å². The molecule has 0 fully saturated rings. The maximum Gasteiger partial charge on any atom is 0.155 e. The Hall–Kier alpha value is -1.49. The van der Waals surface area contributed by atoms with Gasteiger partial charge in [-0.3, -0.25) is 0 Å². The zero-order valence-corrected chi connectivity index (χ0v) is 9.24. The fourth-order valence-electron chi connectivity index (χ4n) is 1.25. The molecule has 0 radical (unpaired) electrons. The van der Waals surface area contributed by atoms with Gasteiger partial charge in [0, 0.05) is 12.3 Å². The summed E-state index contributed by atoms with van der Waals surface area (Å²) in [5, 5.41) is 5.29. The van der Waals surface area contributed by atoms with E-state index in [1.54, 1.807) is 22.6 Å². The van der Waals surface area contributed by atoms with Crippen LogP contribution in [0.1, 0.15) is 6.92 Å². The first-order valence-electron chi connectivity index (χ1n) is 4.71. The Morgan fingerprint density at radius 1 is 1.47 bits per heavy atom. The van der Waals surface area contributed by atoms with E-state index in [9.17, 15) is 0 Å². The van der Waals surface area contributed by atoms with Crippen LogP contribution in [0.3, 0.4) is 0 Å². The highest BCUT2D eigenvalue weighted by molar-refractivity contribution is 7.99. The third-order valence-electron chi connectivity index (χ3n) is 1.87. The Balaban J connectivity index is 2.36. The van der Waals surface area contributed by atoms with Crippen LogP contribution in [0.25, 0.3) is 5.82 Å². The van der Waals surface area contributed by atoms with Gasteiger partial charge in [-0.15, -0.1) is 11.8 Å². The van der Waals surface area contributed by atoms with E-state index in [-0.39, 0.29) is 0 Å². The molecule has 0 aliphatic rings. The van der Waals surface area contributed by atoms with Crippen molar-refractivity contribution in [1.82, 2.24) is 14.8 Å². The predicted molar refractivity (Wildman–Crippen MR) is 62.2 cm³/mol. The second kappa shape index (κ2) is 4.35. The zero-order valence-electron chi connectivity index (χ0n) is 8.42. The zero-order chi connectivity index (χ0) is 10.7. The summed E-state index contributed by atoms with van der Waals surface area (Å²) in [5.41, 5.74) is 5.85. The molecule has 15 heavy (non-hydrogen) atoms. The molecule has 0 aliphatic carbocycles. The number of rotatable bonds is 3. The third kappa shape index (κ3) is 2.12. The summed E-state index contributed by atoms with van der Waals surface area (Å²) in [5.74, 6) is 2.35. The van der Waals surface area contributed by atoms with Crippen LogP contribution in [0.15, 0.2) is 35.5 Å². The molecule has 4 nitrogen and oxygen atoms in total. The van der Waals surface area contributed by atoms with Crippen LogP contribution in [0.2, 0.25) is 0 Å². The van der Waals surface area contributed by atoms with Gasteiger partial charge >= 0.3 is 0 Å². The number of nitrogen functional groups attached to an aromatic ring is 1. The standard InChI is InChI=1S/C10H12N4S/c1-2-15-10-7-8(11)14(13-10)9-5-3-4-6-12-9/h3-7H,2,11H2,1H3. The highest BCUT2D eigenvalue weighted by atomic mass is 32.2. The molecule has 5 heteroatoms. The molecule has 0 spiro atoms. The van der Waals surface area contributed by atoms with E-state index in [1.807, 2.05) is 24.3 Å². The van der Waals surface area contributed by atoms with Gasteiger partial charge in [-0.2, -0.15) is 9.78 Å². The highest BCUT2D eigenvalue weighted by Gasteiger charge is 2.06. The molecule has 2 aromatic rings. The molecule has 0 aromatic carbocycles. The van der Waals surface area contributed by atoms with Gasteiger partial charge in [0.25, 0.3) is 0 Å². The number of thioether (sulfide) groups is 1. The van der Waals surface area contributed by atoms with Gasteiger partial charge in [0.2, 0.25) is 0 Å². The van der Waals surface area contributed by atoms with E-state index < -0.39 is 0 Å². The van der Waals surface area contributed by atoms with Crippen LogP contribution in [0.4, 0.5) is 5.82 Å². The Bertz CT molecular complexity index is 438. The summed E-state index contributed by atoms with van der Waals surface area (Å²) in [7, 11) is 0. The van der Waals surface area contributed by atoms with Crippen molar-refractivity contribution in [1.29, 1.82) is 0 Å². The minimum absolute atomic E-state index is 0.615. The molecule has 0 unspecified atom stereocenters.